The summed E-state index contributed by atoms with van der Waals surface area (Å²) < 4.78 is 0. The summed E-state index contributed by atoms with van der Waals surface area (Å²) in [7, 11) is 0. The molecule has 2 heterocycles. The van der Waals surface area contributed by atoms with E-state index in [1.807, 2.05) is 60.7 Å². The number of amides is 1. The molecule has 2 N–H and O–H groups in total. The van der Waals surface area contributed by atoms with E-state index in [1.165, 1.54) is 6.92 Å². The standard InChI is InChI=1S/C28H29N5O3/c1-18(30-27(35)23(19(2)34)12-6-10-20-8-4-3-5-9-20)26-28(36)31-25(32-33-26)17-21-13-14-24-22(16-21)11-7-15-29-24/h3-5,7-9,11,13-16,18,23H,6,10,12,17H2,1-2H3,(H,30,35)(H,31,32,36). The Hall–Kier alpha value is -4.20. The first-order chi connectivity index (χ1) is 17.4. The molecule has 0 aliphatic heterocycles. The molecule has 0 spiro atoms. The average Bonchev–Trinajstić information content (AvgIpc) is 2.87. The highest BCUT2D eigenvalue weighted by atomic mass is 16.2. The molecular weight excluding hydrogens is 454 g/mol. The van der Waals surface area contributed by atoms with E-state index in [4.69, 9.17) is 0 Å². The van der Waals surface area contributed by atoms with E-state index in [2.05, 4.69) is 25.5 Å². The molecule has 0 aliphatic carbocycles. The second-order valence-corrected chi connectivity index (χ2v) is 8.96. The molecule has 2 aromatic heterocycles. The van der Waals surface area contributed by atoms with Gasteiger partial charge < -0.3 is 10.3 Å². The maximum absolute atomic E-state index is 12.8. The van der Waals surface area contributed by atoms with Crippen molar-refractivity contribution in [2.24, 2.45) is 5.92 Å². The van der Waals surface area contributed by atoms with Crippen molar-refractivity contribution in [3.05, 3.63) is 99.9 Å². The van der Waals surface area contributed by atoms with Gasteiger partial charge in [0.05, 0.1) is 17.5 Å². The van der Waals surface area contributed by atoms with Gasteiger partial charge in [0, 0.05) is 18.0 Å². The number of aryl methyl sites for hydroxylation is 1. The van der Waals surface area contributed by atoms with Crippen molar-refractivity contribution in [3.63, 3.8) is 0 Å². The van der Waals surface area contributed by atoms with E-state index in [9.17, 15) is 14.4 Å². The third-order valence-electron chi connectivity index (χ3n) is 6.19. The molecule has 0 saturated carbocycles. The SMILES string of the molecule is CC(=O)C(CCCc1ccccc1)C(=O)NC(C)c1nnc(Cc2ccc3ncccc3c2)[nH]c1=O. The number of Topliss-reactive ketones (excluding diaryl/α,β-unsaturated/α-hetero) is 1. The van der Waals surface area contributed by atoms with Gasteiger partial charge in [0.1, 0.15) is 17.3 Å². The first kappa shape index (κ1) is 24.9. The highest BCUT2D eigenvalue weighted by Crippen LogP contribution is 2.16. The van der Waals surface area contributed by atoms with E-state index >= 15 is 0 Å². The van der Waals surface area contributed by atoms with Gasteiger partial charge in [-0.25, -0.2) is 0 Å². The summed E-state index contributed by atoms with van der Waals surface area (Å²) in [6.45, 7) is 3.08. The van der Waals surface area contributed by atoms with Gasteiger partial charge in [0.2, 0.25) is 5.91 Å². The van der Waals surface area contributed by atoms with Crippen molar-refractivity contribution in [1.82, 2.24) is 25.5 Å². The molecule has 0 bridgehead atoms. The average molecular weight is 484 g/mol. The first-order valence-electron chi connectivity index (χ1n) is 12.0. The summed E-state index contributed by atoms with van der Waals surface area (Å²) in [5.74, 6) is -0.954. The van der Waals surface area contributed by atoms with E-state index < -0.39 is 23.4 Å². The number of pyridine rings is 1. The molecule has 0 saturated heterocycles. The lowest BCUT2D eigenvalue weighted by Crippen LogP contribution is -2.38. The lowest BCUT2D eigenvalue weighted by atomic mass is 9.95. The third kappa shape index (κ3) is 6.27. The molecular formula is C28H29N5O3. The van der Waals surface area contributed by atoms with Gasteiger partial charge in [-0.3, -0.25) is 19.4 Å². The van der Waals surface area contributed by atoms with Crippen LogP contribution in [-0.2, 0) is 22.4 Å². The Morgan fingerprint density at radius 1 is 1.00 bits per heavy atom. The van der Waals surface area contributed by atoms with Crippen LogP contribution >= 0.6 is 0 Å². The van der Waals surface area contributed by atoms with Gasteiger partial charge >= 0.3 is 0 Å². The lowest BCUT2D eigenvalue weighted by Gasteiger charge is -2.18. The van der Waals surface area contributed by atoms with Crippen LogP contribution in [0.3, 0.4) is 0 Å². The number of hydrogen-bond acceptors (Lipinski definition) is 6. The van der Waals surface area contributed by atoms with Crippen molar-refractivity contribution in [2.45, 2.75) is 45.6 Å². The molecule has 4 rings (SSSR count). The second-order valence-electron chi connectivity index (χ2n) is 8.96. The number of nitrogens with one attached hydrogen (secondary N) is 2. The molecule has 1 amide bonds. The molecule has 8 nitrogen and oxygen atoms in total. The van der Waals surface area contributed by atoms with Crippen LogP contribution in [0.1, 0.15) is 55.4 Å². The number of aromatic amines is 1. The molecule has 0 aliphatic rings. The lowest BCUT2D eigenvalue weighted by molar-refractivity contribution is -0.133. The molecule has 2 unspecified atom stereocenters. The van der Waals surface area contributed by atoms with Crippen LogP contribution in [0, 0.1) is 5.92 Å². The summed E-state index contributed by atoms with van der Waals surface area (Å²) in [4.78, 5) is 44.8. The summed E-state index contributed by atoms with van der Waals surface area (Å²) in [6.07, 6.45) is 4.07. The maximum Gasteiger partial charge on any atom is 0.275 e. The minimum absolute atomic E-state index is 0.0985. The monoisotopic (exact) mass is 483 g/mol. The quantitative estimate of drug-likeness (QED) is 0.332. The molecule has 8 heteroatoms. The van der Waals surface area contributed by atoms with Crippen molar-refractivity contribution >= 4 is 22.6 Å². The predicted molar refractivity (Wildman–Crippen MR) is 137 cm³/mol. The maximum atomic E-state index is 12.8. The Kier molecular flexibility index (Phi) is 7.95. The Bertz CT molecular complexity index is 1420. The minimum atomic E-state index is -0.773. The Balaban J connectivity index is 1.38. The van der Waals surface area contributed by atoms with E-state index in [-0.39, 0.29) is 11.5 Å². The second kappa shape index (κ2) is 11.5. The zero-order chi connectivity index (χ0) is 25.5. The first-order valence-corrected chi connectivity index (χ1v) is 12.0. The highest BCUT2D eigenvalue weighted by molar-refractivity contribution is 6.00. The molecule has 2 atom stereocenters. The fourth-order valence-electron chi connectivity index (χ4n) is 4.23. The zero-order valence-corrected chi connectivity index (χ0v) is 20.4. The number of carbonyl (C=O) groups excluding carboxylic acids is 2. The Morgan fingerprint density at radius 2 is 1.81 bits per heavy atom. The summed E-state index contributed by atoms with van der Waals surface area (Å²) in [5.41, 5.74) is 2.70. The van der Waals surface area contributed by atoms with E-state index in [1.54, 1.807) is 13.1 Å². The van der Waals surface area contributed by atoms with Crippen LogP contribution in [0.5, 0.6) is 0 Å². The number of fused-ring (bicyclic) bond motifs is 1. The molecule has 0 fully saturated rings. The van der Waals surface area contributed by atoms with Crippen molar-refractivity contribution in [1.29, 1.82) is 0 Å². The Labute approximate surface area is 209 Å². The minimum Gasteiger partial charge on any atom is -0.347 e. The molecule has 36 heavy (non-hydrogen) atoms. The number of H-pyrrole nitrogens is 1. The smallest absolute Gasteiger partial charge is 0.275 e. The number of hydrogen-bond donors (Lipinski definition) is 2. The molecule has 184 valence electrons. The van der Waals surface area contributed by atoms with Crippen LogP contribution in [-0.4, -0.2) is 31.9 Å². The number of carbonyl (C=O) groups is 2. The zero-order valence-electron chi connectivity index (χ0n) is 20.4. The molecule has 2 aromatic carbocycles. The topological polar surface area (TPSA) is 118 Å². The predicted octanol–water partition coefficient (Wildman–Crippen LogP) is 3.71. The van der Waals surface area contributed by atoms with Crippen LogP contribution in [0.25, 0.3) is 10.9 Å². The van der Waals surface area contributed by atoms with Crippen molar-refractivity contribution in [3.8, 4) is 0 Å². The van der Waals surface area contributed by atoms with Crippen LogP contribution < -0.4 is 10.9 Å². The van der Waals surface area contributed by atoms with Crippen molar-refractivity contribution in [2.75, 3.05) is 0 Å². The van der Waals surface area contributed by atoms with E-state index in [0.717, 1.165) is 28.5 Å². The highest BCUT2D eigenvalue weighted by Gasteiger charge is 2.26. The number of benzene rings is 2. The fourth-order valence-corrected chi connectivity index (χ4v) is 4.23. The number of nitrogens with zero attached hydrogens (tertiary/aromatic N) is 3. The number of ketones is 1. The fraction of sp³-hybridized carbons (Fsp3) is 0.286. The van der Waals surface area contributed by atoms with Gasteiger partial charge in [0.25, 0.3) is 5.56 Å². The van der Waals surface area contributed by atoms with Crippen molar-refractivity contribution < 1.29 is 9.59 Å². The van der Waals surface area contributed by atoms with Gasteiger partial charge in [-0.1, -0.05) is 42.5 Å². The van der Waals surface area contributed by atoms with Gasteiger partial charge in [-0.15, -0.1) is 10.2 Å². The molecule has 0 radical (unpaired) electrons. The normalized spacial score (nSPS) is 12.7. The number of rotatable bonds is 10. The summed E-state index contributed by atoms with van der Waals surface area (Å²) >= 11 is 0. The molecule has 4 aromatic rings. The van der Waals surface area contributed by atoms with E-state index in [0.29, 0.717) is 25.1 Å². The van der Waals surface area contributed by atoms with Crippen LogP contribution in [0.4, 0.5) is 0 Å². The largest absolute Gasteiger partial charge is 0.347 e. The summed E-state index contributed by atoms with van der Waals surface area (Å²) in [5, 5.41) is 12.0. The van der Waals surface area contributed by atoms with Crippen LogP contribution in [0.2, 0.25) is 0 Å². The third-order valence-corrected chi connectivity index (χ3v) is 6.19. The summed E-state index contributed by atoms with van der Waals surface area (Å²) in [6, 6.07) is 19.0. The van der Waals surface area contributed by atoms with Crippen LogP contribution in [0.15, 0.2) is 71.7 Å². The van der Waals surface area contributed by atoms with Gasteiger partial charge in [-0.05, 0) is 62.4 Å². The number of aromatic nitrogens is 4. The van der Waals surface area contributed by atoms with Gasteiger partial charge in [-0.2, -0.15) is 0 Å². The van der Waals surface area contributed by atoms with Gasteiger partial charge in [0.15, 0.2) is 0 Å². The Morgan fingerprint density at radius 3 is 2.56 bits per heavy atom.